The number of esters is 1. The van der Waals surface area contributed by atoms with Crippen LogP contribution in [0.2, 0.25) is 0 Å². The number of carbonyl (C=O) groups excluding carboxylic acids is 1. The van der Waals surface area contributed by atoms with Crippen LogP contribution in [0.25, 0.3) is 0 Å². The maximum atomic E-state index is 11.6. The fraction of sp³-hybridized carbons (Fsp3) is 0.500. The van der Waals surface area contributed by atoms with Crippen molar-refractivity contribution in [1.82, 2.24) is 4.90 Å². The molecule has 1 saturated heterocycles. The average molecular weight is 312 g/mol. The number of ether oxygens (including phenoxy) is 1. The van der Waals surface area contributed by atoms with Crippen LogP contribution in [-0.2, 0) is 16.1 Å². The van der Waals surface area contributed by atoms with E-state index in [0.717, 1.165) is 36.9 Å². The maximum Gasteiger partial charge on any atom is 0.309 e. The minimum atomic E-state index is -0.0770. The van der Waals surface area contributed by atoms with Crippen LogP contribution in [0.1, 0.15) is 18.4 Å². The molecular formula is C14H18BrNO2. The highest BCUT2D eigenvalue weighted by Gasteiger charge is 2.26. The third kappa shape index (κ3) is 3.33. The summed E-state index contributed by atoms with van der Waals surface area (Å²) < 4.78 is 5.97. The summed E-state index contributed by atoms with van der Waals surface area (Å²) in [4.78, 5) is 13.9. The smallest absolute Gasteiger partial charge is 0.309 e. The number of carbonyl (C=O) groups is 1. The number of nitrogens with zero attached hydrogens (tertiary/aromatic N) is 1. The molecule has 98 valence electrons. The Morgan fingerprint density at radius 1 is 1.50 bits per heavy atom. The summed E-state index contributed by atoms with van der Waals surface area (Å²) in [5, 5.41) is 0. The number of hydrogen-bond acceptors (Lipinski definition) is 3. The van der Waals surface area contributed by atoms with Crippen molar-refractivity contribution in [2.75, 3.05) is 20.2 Å². The molecule has 1 aromatic rings. The Labute approximate surface area is 116 Å². The van der Waals surface area contributed by atoms with Crippen molar-refractivity contribution >= 4 is 21.9 Å². The molecule has 0 N–H and O–H groups in total. The molecule has 1 unspecified atom stereocenters. The third-order valence-electron chi connectivity index (χ3n) is 3.39. The summed E-state index contributed by atoms with van der Waals surface area (Å²) in [5.74, 6) is -0.0435. The highest BCUT2D eigenvalue weighted by atomic mass is 79.9. The molecule has 4 heteroatoms. The summed E-state index contributed by atoms with van der Waals surface area (Å²) in [7, 11) is 1.47. The van der Waals surface area contributed by atoms with Crippen LogP contribution in [0.3, 0.4) is 0 Å². The van der Waals surface area contributed by atoms with E-state index in [2.05, 4.69) is 33.0 Å². The van der Waals surface area contributed by atoms with Crippen LogP contribution in [0.4, 0.5) is 0 Å². The van der Waals surface area contributed by atoms with E-state index in [-0.39, 0.29) is 11.9 Å². The second-order valence-electron chi connectivity index (χ2n) is 4.69. The van der Waals surface area contributed by atoms with E-state index < -0.39 is 0 Å². The third-order valence-corrected chi connectivity index (χ3v) is 4.17. The molecule has 0 bridgehead atoms. The number of likely N-dealkylation sites (tertiary alicyclic amines) is 1. The number of methoxy groups -OCH3 is 1. The number of halogens is 1. The SMILES string of the molecule is COC(=O)C1CCCN(Cc2ccccc2Br)C1. The lowest BCUT2D eigenvalue weighted by Crippen LogP contribution is -2.38. The minimum absolute atomic E-state index is 0.0336. The van der Waals surface area contributed by atoms with Gasteiger partial charge >= 0.3 is 5.97 Å². The molecule has 1 atom stereocenters. The summed E-state index contributed by atoms with van der Waals surface area (Å²) in [6.07, 6.45) is 2.00. The predicted octanol–water partition coefficient (Wildman–Crippen LogP) is 2.83. The number of hydrogen-bond donors (Lipinski definition) is 0. The van der Waals surface area contributed by atoms with Gasteiger partial charge in [0.25, 0.3) is 0 Å². The van der Waals surface area contributed by atoms with E-state index in [1.165, 1.54) is 12.7 Å². The van der Waals surface area contributed by atoms with Gasteiger partial charge in [0.05, 0.1) is 13.0 Å². The van der Waals surface area contributed by atoms with E-state index >= 15 is 0 Å². The number of piperidine rings is 1. The number of benzene rings is 1. The molecule has 0 aromatic heterocycles. The van der Waals surface area contributed by atoms with Gasteiger partial charge in [-0.1, -0.05) is 34.1 Å². The Kier molecular flexibility index (Phi) is 4.78. The first kappa shape index (κ1) is 13.6. The molecule has 0 saturated carbocycles. The zero-order valence-electron chi connectivity index (χ0n) is 10.6. The van der Waals surface area contributed by atoms with Crippen molar-refractivity contribution in [3.8, 4) is 0 Å². The van der Waals surface area contributed by atoms with Crippen molar-refractivity contribution in [1.29, 1.82) is 0 Å². The van der Waals surface area contributed by atoms with Crippen LogP contribution >= 0.6 is 15.9 Å². The van der Waals surface area contributed by atoms with E-state index in [0.29, 0.717) is 0 Å². The van der Waals surface area contributed by atoms with Crippen LogP contribution in [0.15, 0.2) is 28.7 Å². The van der Waals surface area contributed by atoms with Gasteiger partial charge in [-0.15, -0.1) is 0 Å². The molecule has 2 rings (SSSR count). The lowest BCUT2D eigenvalue weighted by atomic mass is 9.98. The quantitative estimate of drug-likeness (QED) is 0.804. The minimum Gasteiger partial charge on any atom is -0.469 e. The van der Waals surface area contributed by atoms with Gasteiger partial charge in [0, 0.05) is 17.6 Å². The highest BCUT2D eigenvalue weighted by Crippen LogP contribution is 2.22. The van der Waals surface area contributed by atoms with Gasteiger partial charge in [-0.25, -0.2) is 0 Å². The molecule has 1 fully saturated rings. The Hall–Kier alpha value is -0.870. The van der Waals surface area contributed by atoms with E-state index in [4.69, 9.17) is 4.74 Å². The molecule has 1 aliphatic rings. The highest BCUT2D eigenvalue weighted by molar-refractivity contribution is 9.10. The Balaban J connectivity index is 1.98. The Morgan fingerprint density at radius 2 is 2.28 bits per heavy atom. The van der Waals surface area contributed by atoms with Gasteiger partial charge in [-0.3, -0.25) is 9.69 Å². The fourth-order valence-electron chi connectivity index (χ4n) is 2.43. The molecule has 1 aromatic carbocycles. The van der Waals surface area contributed by atoms with Crippen molar-refractivity contribution < 1.29 is 9.53 Å². The molecule has 3 nitrogen and oxygen atoms in total. The number of rotatable bonds is 3. The second-order valence-corrected chi connectivity index (χ2v) is 5.54. The van der Waals surface area contributed by atoms with Gasteiger partial charge in [0.2, 0.25) is 0 Å². The van der Waals surface area contributed by atoms with Crippen molar-refractivity contribution in [3.05, 3.63) is 34.3 Å². The van der Waals surface area contributed by atoms with E-state index in [9.17, 15) is 4.79 Å². The first-order chi connectivity index (χ1) is 8.70. The zero-order chi connectivity index (χ0) is 13.0. The standard InChI is InChI=1S/C14H18BrNO2/c1-18-14(17)12-6-4-8-16(10-12)9-11-5-2-3-7-13(11)15/h2-3,5,7,12H,4,6,8-10H2,1H3. The molecule has 18 heavy (non-hydrogen) atoms. The lowest BCUT2D eigenvalue weighted by molar-refractivity contribution is -0.147. The zero-order valence-corrected chi connectivity index (χ0v) is 12.1. The molecular weight excluding hydrogens is 294 g/mol. The van der Waals surface area contributed by atoms with Crippen LogP contribution in [0, 0.1) is 5.92 Å². The van der Waals surface area contributed by atoms with Gasteiger partial charge in [-0.2, -0.15) is 0 Å². The first-order valence-corrected chi connectivity index (χ1v) is 7.03. The predicted molar refractivity (Wildman–Crippen MR) is 74.2 cm³/mol. The molecule has 0 amide bonds. The maximum absolute atomic E-state index is 11.6. The normalized spacial score (nSPS) is 20.7. The summed E-state index contributed by atoms with van der Waals surface area (Å²) >= 11 is 3.56. The lowest BCUT2D eigenvalue weighted by Gasteiger charge is -2.31. The van der Waals surface area contributed by atoms with Gasteiger partial charge in [0.15, 0.2) is 0 Å². The van der Waals surface area contributed by atoms with Gasteiger partial charge in [0.1, 0.15) is 0 Å². The Bertz CT molecular complexity index is 422. The monoisotopic (exact) mass is 311 g/mol. The van der Waals surface area contributed by atoms with Crippen molar-refractivity contribution in [3.63, 3.8) is 0 Å². The van der Waals surface area contributed by atoms with Gasteiger partial charge < -0.3 is 4.74 Å². The van der Waals surface area contributed by atoms with Crippen molar-refractivity contribution in [2.45, 2.75) is 19.4 Å². The summed E-state index contributed by atoms with van der Waals surface area (Å²) in [5.41, 5.74) is 1.27. The van der Waals surface area contributed by atoms with E-state index in [1.54, 1.807) is 0 Å². The second kappa shape index (κ2) is 6.34. The largest absolute Gasteiger partial charge is 0.469 e. The van der Waals surface area contributed by atoms with Gasteiger partial charge in [-0.05, 0) is 31.0 Å². The van der Waals surface area contributed by atoms with Crippen LogP contribution < -0.4 is 0 Å². The van der Waals surface area contributed by atoms with Crippen LogP contribution in [-0.4, -0.2) is 31.1 Å². The summed E-state index contributed by atoms with van der Waals surface area (Å²) in [6, 6.07) is 8.23. The summed E-state index contributed by atoms with van der Waals surface area (Å²) in [6.45, 7) is 2.73. The topological polar surface area (TPSA) is 29.5 Å². The molecule has 0 aliphatic carbocycles. The molecule has 1 aliphatic heterocycles. The first-order valence-electron chi connectivity index (χ1n) is 6.24. The molecule has 1 heterocycles. The van der Waals surface area contributed by atoms with Crippen LogP contribution in [0.5, 0.6) is 0 Å². The van der Waals surface area contributed by atoms with Crippen molar-refractivity contribution in [2.24, 2.45) is 5.92 Å². The van der Waals surface area contributed by atoms with E-state index in [1.807, 2.05) is 12.1 Å². The fourth-order valence-corrected chi connectivity index (χ4v) is 2.84. The Morgan fingerprint density at radius 3 is 3.00 bits per heavy atom. The molecule has 0 radical (unpaired) electrons. The average Bonchev–Trinajstić information content (AvgIpc) is 2.41. The molecule has 0 spiro atoms.